The molecule has 2 aromatic rings. The van der Waals surface area contributed by atoms with Gasteiger partial charge in [0.05, 0.1) is 6.20 Å². The molecule has 4 nitrogen and oxygen atoms in total. The maximum absolute atomic E-state index is 4.22. The fraction of sp³-hybridized carbons (Fsp3) is 0.429. The average Bonchev–Trinajstić information content (AvgIpc) is 2.76. The molecule has 18 heavy (non-hydrogen) atoms. The van der Waals surface area contributed by atoms with E-state index >= 15 is 0 Å². The van der Waals surface area contributed by atoms with Crippen LogP contribution in [0, 0.1) is 0 Å². The first kappa shape index (κ1) is 12.8. The van der Waals surface area contributed by atoms with E-state index in [1.54, 1.807) is 0 Å². The van der Waals surface area contributed by atoms with Crippen molar-refractivity contribution in [2.24, 2.45) is 7.05 Å². The first-order chi connectivity index (χ1) is 8.78. The molecule has 0 spiro atoms. The lowest BCUT2D eigenvalue weighted by Gasteiger charge is -2.20. The van der Waals surface area contributed by atoms with Crippen LogP contribution in [-0.4, -0.2) is 26.2 Å². The summed E-state index contributed by atoms with van der Waals surface area (Å²) in [4.78, 5) is 6.49. The van der Waals surface area contributed by atoms with Gasteiger partial charge in [0.1, 0.15) is 0 Å². The van der Waals surface area contributed by atoms with Crippen LogP contribution in [0.5, 0.6) is 0 Å². The molecule has 2 aromatic heterocycles. The predicted octanol–water partition coefficient (Wildman–Crippen LogP) is 2.23. The molecule has 0 aliphatic rings. The summed E-state index contributed by atoms with van der Waals surface area (Å²) in [7, 11) is 1.95. The van der Waals surface area contributed by atoms with Crippen molar-refractivity contribution in [1.29, 1.82) is 0 Å². The molecule has 0 fully saturated rings. The lowest BCUT2D eigenvalue weighted by Crippen LogP contribution is -2.23. The van der Waals surface area contributed by atoms with Crippen LogP contribution in [0.2, 0.25) is 0 Å². The van der Waals surface area contributed by atoms with E-state index in [1.807, 2.05) is 30.3 Å². The number of nitrogens with zero attached hydrogens (tertiary/aromatic N) is 4. The van der Waals surface area contributed by atoms with E-state index in [-0.39, 0.29) is 0 Å². The Balaban J connectivity index is 1.99. The molecule has 0 bridgehead atoms. The highest BCUT2D eigenvalue weighted by atomic mass is 15.2. The zero-order valence-corrected chi connectivity index (χ0v) is 11.1. The SMILES string of the molecule is CCCN(Cc1ccncc1)Cc1cnn(C)c1. The zero-order valence-electron chi connectivity index (χ0n) is 11.1. The Labute approximate surface area is 108 Å². The molecular formula is C14H20N4. The van der Waals surface area contributed by atoms with Crippen molar-refractivity contribution in [1.82, 2.24) is 19.7 Å². The van der Waals surface area contributed by atoms with Crippen LogP contribution < -0.4 is 0 Å². The first-order valence-electron chi connectivity index (χ1n) is 6.36. The maximum atomic E-state index is 4.22. The summed E-state index contributed by atoms with van der Waals surface area (Å²) in [6.45, 7) is 5.22. The van der Waals surface area contributed by atoms with Crippen molar-refractivity contribution in [3.63, 3.8) is 0 Å². The second-order valence-electron chi connectivity index (χ2n) is 4.59. The van der Waals surface area contributed by atoms with Crippen LogP contribution in [0.15, 0.2) is 36.9 Å². The zero-order chi connectivity index (χ0) is 12.8. The van der Waals surface area contributed by atoms with Crippen LogP contribution in [0.1, 0.15) is 24.5 Å². The molecule has 0 aliphatic carbocycles. The summed E-state index contributed by atoms with van der Waals surface area (Å²) < 4.78 is 1.85. The number of aromatic nitrogens is 3. The Morgan fingerprint density at radius 3 is 2.50 bits per heavy atom. The Morgan fingerprint density at radius 1 is 1.17 bits per heavy atom. The second kappa shape index (κ2) is 6.31. The fourth-order valence-corrected chi connectivity index (χ4v) is 2.09. The molecule has 0 aromatic carbocycles. The average molecular weight is 244 g/mol. The summed E-state index contributed by atoms with van der Waals surface area (Å²) in [5.41, 5.74) is 2.57. The molecule has 96 valence electrons. The van der Waals surface area contributed by atoms with Crippen molar-refractivity contribution in [3.8, 4) is 0 Å². The van der Waals surface area contributed by atoms with Crippen molar-refractivity contribution in [2.45, 2.75) is 26.4 Å². The van der Waals surface area contributed by atoms with Gasteiger partial charge in [0.25, 0.3) is 0 Å². The lowest BCUT2D eigenvalue weighted by molar-refractivity contribution is 0.257. The van der Waals surface area contributed by atoms with Crippen LogP contribution >= 0.6 is 0 Å². The van der Waals surface area contributed by atoms with Crippen LogP contribution in [0.25, 0.3) is 0 Å². The third-order valence-corrected chi connectivity index (χ3v) is 2.86. The van der Waals surface area contributed by atoms with Gasteiger partial charge in [-0.3, -0.25) is 14.6 Å². The molecule has 0 radical (unpaired) electrons. The van der Waals surface area contributed by atoms with Gasteiger partial charge in [-0.25, -0.2) is 0 Å². The summed E-state index contributed by atoms with van der Waals surface area (Å²) in [6.07, 6.45) is 8.88. The Hall–Kier alpha value is -1.68. The number of pyridine rings is 1. The van der Waals surface area contributed by atoms with E-state index < -0.39 is 0 Å². The molecule has 2 rings (SSSR count). The normalized spacial score (nSPS) is 11.1. The van der Waals surface area contributed by atoms with E-state index in [4.69, 9.17) is 0 Å². The van der Waals surface area contributed by atoms with Crippen LogP contribution in [0.3, 0.4) is 0 Å². The Bertz CT molecular complexity index is 464. The van der Waals surface area contributed by atoms with Gasteiger partial charge in [-0.05, 0) is 30.7 Å². The minimum Gasteiger partial charge on any atom is -0.295 e. The molecule has 2 heterocycles. The van der Waals surface area contributed by atoms with Gasteiger partial charge in [0.15, 0.2) is 0 Å². The number of hydrogen-bond donors (Lipinski definition) is 0. The fourth-order valence-electron chi connectivity index (χ4n) is 2.09. The Morgan fingerprint density at radius 2 is 1.89 bits per heavy atom. The number of rotatable bonds is 6. The first-order valence-corrected chi connectivity index (χ1v) is 6.36. The summed E-state index contributed by atoms with van der Waals surface area (Å²) in [5.74, 6) is 0. The molecule has 0 saturated carbocycles. The van der Waals surface area contributed by atoms with E-state index in [2.05, 4.69) is 40.2 Å². The van der Waals surface area contributed by atoms with Crippen molar-refractivity contribution in [2.75, 3.05) is 6.54 Å². The van der Waals surface area contributed by atoms with Gasteiger partial charge >= 0.3 is 0 Å². The number of hydrogen-bond acceptors (Lipinski definition) is 3. The monoisotopic (exact) mass is 244 g/mol. The molecule has 0 unspecified atom stereocenters. The predicted molar refractivity (Wildman–Crippen MR) is 71.9 cm³/mol. The van der Waals surface area contributed by atoms with Gasteiger partial charge in [-0.2, -0.15) is 5.10 Å². The summed E-state index contributed by atoms with van der Waals surface area (Å²) in [5, 5.41) is 4.22. The molecule has 4 heteroatoms. The third-order valence-electron chi connectivity index (χ3n) is 2.86. The summed E-state index contributed by atoms with van der Waals surface area (Å²) >= 11 is 0. The van der Waals surface area contributed by atoms with Crippen molar-refractivity contribution < 1.29 is 0 Å². The Kier molecular flexibility index (Phi) is 4.47. The third kappa shape index (κ3) is 3.67. The molecular weight excluding hydrogens is 224 g/mol. The number of aryl methyl sites for hydroxylation is 1. The van der Waals surface area contributed by atoms with Gasteiger partial charge < -0.3 is 0 Å². The largest absolute Gasteiger partial charge is 0.295 e. The highest BCUT2D eigenvalue weighted by Gasteiger charge is 2.07. The van der Waals surface area contributed by atoms with E-state index in [0.717, 1.165) is 26.1 Å². The van der Waals surface area contributed by atoms with Crippen LogP contribution in [0.4, 0.5) is 0 Å². The van der Waals surface area contributed by atoms with E-state index in [0.29, 0.717) is 0 Å². The second-order valence-corrected chi connectivity index (χ2v) is 4.59. The van der Waals surface area contributed by atoms with Gasteiger partial charge in [-0.1, -0.05) is 6.92 Å². The quantitative estimate of drug-likeness (QED) is 0.781. The minimum absolute atomic E-state index is 0.948. The van der Waals surface area contributed by atoms with Gasteiger partial charge in [0, 0.05) is 44.3 Å². The minimum atomic E-state index is 0.948. The van der Waals surface area contributed by atoms with Gasteiger partial charge in [0.2, 0.25) is 0 Å². The van der Waals surface area contributed by atoms with Crippen LogP contribution in [-0.2, 0) is 20.1 Å². The standard InChI is InChI=1S/C14H20N4/c1-3-8-18(11-13-4-6-15-7-5-13)12-14-9-16-17(2)10-14/h4-7,9-10H,3,8,11-12H2,1-2H3. The smallest absolute Gasteiger partial charge is 0.0534 e. The maximum Gasteiger partial charge on any atom is 0.0534 e. The lowest BCUT2D eigenvalue weighted by atomic mass is 10.2. The molecule has 0 amide bonds. The van der Waals surface area contributed by atoms with Crippen molar-refractivity contribution >= 4 is 0 Å². The molecule has 0 N–H and O–H groups in total. The van der Waals surface area contributed by atoms with E-state index in [1.165, 1.54) is 11.1 Å². The highest BCUT2D eigenvalue weighted by Crippen LogP contribution is 2.09. The highest BCUT2D eigenvalue weighted by molar-refractivity contribution is 5.10. The molecule has 0 atom stereocenters. The van der Waals surface area contributed by atoms with E-state index in [9.17, 15) is 0 Å². The van der Waals surface area contributed by atoms with Gasteiger partial charge in [-0.15, -0.1) is 0 Å². The summed E-state index contributed by atoms with van der Waals surface area (Å²) in [6, 6.07) is 4.15. The molecule has 0 aliphatic heterocycles. The topological polar surface area (TPSA) is 34.0 Å². The molecule has 0 saturated heterocycles. The van der Waals surface area contributed by atoms with Crippen molar-refractivity contribution in [3.05, 3.63) is 48.0 Å².